The molecular weight excluding hydrogens is 426 g/mol. The highest BCUT2D eigenvalue weighted by Gasteiger charge is 2.38. The van der Waals surface area contributed by atoms with E-state index in [1.165, 1.54) is 0 Å². The van der Waals surface area contributed by atoms with Crippen molar-refractivity contribution in [3.8, 4) is 0 Å². The first-order chi connectivity index (χ1) is 10.6. The third kappa shape index (κ3) is 5.79. The number of hydrogen-bond acceptors (Lipinski definition) is 2. The smallest absolute Gasteiger partial charge is 0.314 e. The molecule has 24 heavy (non-hydrogen) atoms. The van der Waals surface area contributed by atoms with Crippen molar-refractivity contribution in [2.24, 2.45) is 0 Å². The van der Waals surface area contributed by atoms with E-state index in [2.05, 4.69) is 21.2 Å². The third-order valence-electron chi connectivity index (χ3n) is 3.70. The van der Waals surface area contributed by atoms with Gasteiger partial charge in [0.1, 0.15) is 0 Å². The first kappa shape index (κ1) is 21.5. The zero-order valence-corrected chi connectivity index (χ0v) is 14.7. The Bertz CT molecular complexity index is 543. The molecule has 0 aliphatic carbocycles. The van der Waals surface area contributed by atoms with Crippen molar-refractivity contribution in [2.45, 2.75) is 24.8 Å². The summed E-state index contributed by atoms with van der Waals surface area (Å²) in [6.45, 7) is 1.71. The highest BCUT2D eigenvalue weighted by Crippen LogP contribution is 2.40. The van der Waals surface area contributed by atoms with Crippen LogP contribution in [0.15, 0.2) is 22.7 Å². The van der Waals surface area contributed by atoms with E-state index >= 15 is 0 Å². The van der Waals surface area contributed by atoms with Crippen LogP contribution >= 0.6 is 28.3 Å². The number of nitrogens with zero attached hydrogens (tertiary/aromatic N) is 1. The topological polar surface area (TPSA) is 15.3 Å². The molecule has 0 saturated carbocycles. The van der Waals surface area contributed by atoms with Crippen molar-refractivity contribution >= 4 is 28.3 Å². The lowest BCUT2D eigenvalue weighted by molar-refractivity contribution is -0.148. The summed E-state index contributed by atoms with van der Waals surface area (Å²) in [5.41, 5.74) is -0.933. The molecule has 1 saturated heterocycles. The summed E-state index contributed by atoms with van der Waals surface area (Å²) in [5.74, 6) is 0. The maximum Gasteiger partial charge on any atom is 0.416 e. The second-order valence-corrected chi connectivity index (χ2v) is 6.21. The molecule has 138 valence electrons. The molecule has 0 amide bonds. The van der Waals surface area contributed by atoms with Gasteiger partial charge in [0.25, 0.3) is 0 Å². The molecule has 2 rings (SSSR count). The van der Waals surface area contributed by atoms with Gasteiger partial charge in [-0.1, -0.05) is 15.9 Å². The molecule has 1 aromatic rings. The Hall–Kier alpha value is -0.510. The summed E-state index contributed by atoms with van der Waals surface area (Å²) in [7, 11) is 0. The largest absolute Gasteiger partial charge is 0.416 e. The Balaban J connectivity index is 0.00000288. The lowest BCUT2D eigenvalue weighted by Gasteiger charge is -2.36. The van der Waals surface area contributed by atoms with Crippen molar-refractivity contribution in [3.63, 3.8) is 0 Å². The minimum absolute atomic E-state index is 0. The Kier molecular flexibility index (Phi) is 7.40. The Morgan fingerprint density at radius 3 is 2.17 bits per heavy atom. The molecule has 10 heteroatoms. The number of benzene rings is 1. The van der Waals surface area contributed by atoms with Crippen molar-refractivity contribution in [1.29, 1.82) is 0 Å². The number of halogens is 8. The van der Waals surface area contributed by atoms with Crippen LogP contribution in [0.3, 0.4) is 0 Å². The molecule has 1 aliphatic heterocycles. The summed E-state index contributed by atoms with van der Waals surface area (Å²) in [5, 5.41) is 3.02. The standard InChI is InChI=1S/C14H15BrF6N2.ClH/c15-11-2-1-9(14(19,20)21)7-10(11)12(8-13(16,17)18)23-5-3-22-4-6-23;/h1-2,7,12,22H,3-6,8H2;1H/t12-;/m0./s1. The highest BCUT2D eigenvalue weighted by atomic mass is 79.9. The Morgan fingerprint density at radius 1 is 1.08 bits per heavy atom. The van der Waals surface area contributed by atoms with Crippen LogP contribution in [0.25, 0.3) is 0 Å². The maximum atomic E-state index is 12.9. The highest BCUT2D eigenvalue weighted by molar-refractivity contribution is 9.10. The van der Waals surface area contributed by atoms with Gasteiger partial charge in [0.2, 0.25) is 0 Å². The normalized spacial score (nSPS) is 18.1. The van der Waals surface area contributed by atoms with E-state index in [4.69, 9.17) is 0 Å². The van der Waals surface area contributed by atoms with Crippen molar-refractivity contribution in [3.05, 3.63) is 33.8 Å². The number of nitrogens with one attached hydrogen (secondary N) is 1. The van der Waals surface area contributed by atoms with Crippen LogP contribution in [0.4, 0.5) is 26.3 Å². The summed E-state index contributed by atoms with van der Waals surface area (Å²) < 4.78 is 77.7. The van der Waals surface area contributed by atoms with Crippen LogP contribution in [0.2, 0.25) is 0 Å². The van der Waals surface area contributed by atoms with Gasteiger partial charge in [0.15, 0.2) is 0 Å². The number of rotatable bonds is 3. The first-order valence-electron chi connectivity index (χ1n) is 6.96. The van der Waals surface area contributed by atoms with Crippen LogP contribution in [-0.2, 0) is 6.18 Å². The lowest BCUT2D eigenvalue weighted by Crippen LogP contribution is -2.46. The van der Waals surface area contributed by atoms with Crippen LogP contribution in [-0.4, -0.2) is 37.3 Å². The summed E-state index contributed by atoms with van der Waals surface area (Å²) in [4.78, 5) is 1.57. The SMILES string of the molecule is Cl.FC(F)(F)C[C@@H](c1cc(C(F)(F)F)ccc1Br)N1CCNCC1. The molecule has 0 radical (unpaired) electrons. The van der Waals surface area contributed by atoms with Crippen LogP contribution < -0.4 is 5.32 Å². The number of hydrogen-bond donors (Lipinski definition) is 1. The fraction of sp³-hybridized carbons (Fsp3) is 0.571. The van der Waals surface area contributed by atoms with Crippen molar-refractivity contribution in [2.75, 3.05) is 26.2 Å². The van der Waals surface area contributed by atoms with E-state index in [9.17, 15) is 26.3 Å². The van der Waals surface area contributed by atoms with Gasteiger partial charge in [-0.15, -0.1) is 12.4 Å². The van der Waals surface area contributed by atoms with Gasteiger partial charge in [0.05, 0.1) is 12.0 Å². The molecule has 0 bridgehead atoms. The summed E-state index contributed by atoms with van der Waals surface area (Å²) >= 11 is 3.10. The molecule has 2 nitrogen and oxygen atoms in total. The average Bonchev–Trinajstić information content (AvgIpc) is 2.44. The van der Waals surface area contributed by atoms with Crippen LogP contribution in [0, 0.1) is 0 Å². The second-order valence-electron chi connectivity index (χ2n) is 5.36. The van der Waals surface area contributed by atoms with E-state index in [-0.39, 0.29) is 22.4 Å². The van der Waals surface area contributed by atoms with Crippen molar-refractivity contribution in [1.82, 2.24) is 10.2 Å². The van der Waals surface area contributed by atoms with E-state index in [1.54, 1.807) is 4.90 Å². The van der Waals surface area contributed by atoms with Gasteiger partial charge in [-0.2, -0.15) is 26.3 Å². The van der Waals surface area contributed by atoms with E-state index in [1.807, 2.05) is 0 Å². The minimum atomic E-state index is -4.60. The summed E-state index contributed by atoms with van der Waals surface area (Å²) in [6.07, 6.45) is -10.3. The van der Waals surface area contributed by atoms with Gasteiger partial charge in [-0.05, 0) is 23.8 Å². The molecule has 1 aromatic carbocycles. The Labute approximate surface area is 150 Å². The fourth-order valence-electron chi connectivity index (χ4n) is 2.62. The predicted molar refractivity (Wildman–Crippen MR) is 84.2 cm³/mol. The molecule has 0 spiro atoms. The lowest BCUT2D eigenvalue weighted by atomic mass is 9.98. The van der Waals surface area contributed by atoms with Crippen LogP contribution in [0.1, 0.15) is 23.6 Å². The van der Waals surface area contributed by atoms with Crippen molar-refractivity contribution < 1.29 is 26.3 Å². The zero-order chi connectivity index (χ0) is 17.3. The quantitative estimate of drug-likeness (QED) is 0.679. The molecule has 0 unspecified atom stereocenters. The fourth-order valence-corrected chi connectivity index (χ4v) is 3.14. The molecular formula is C14H16BrClF6N2. The molecule has 1 fully saturated rings. The maximum absolute atomic E-state index is 12.9. The second kappa shape index (κ2) is 8.25. The van der Waals surface area contributed by atoms with Crippen LogP contribution in [0.5, 0.6) is 0 Å². The molecule has 1 heterocycles. The Morgan fingerprint density at radius 2 is 1.67 bits per heavy atom. The van der Waals surface area contributed by atoms with Gasteiger partial charge in [0, 0.05) is 36.7 Å². The predicted octanol–water partition coefficient (Wildman–Crippen LogP) is 4.79. The van der Waals surface area contributed by atoms with Gasteiger partial charge in [-0.3, -0.25) is 4.90 Å². The van der Waals surface area contributed by atoms with Gasteiger partial charge < -0.3 is 5.32 Å². The minimum Gasteiger partial charge on any atom is -0.314 e. The average molecular weight is 442 g/mol. The molecule has 1 atom stereocenters. The van der Waals surface area contributed by atoms with Gasteiger partial charge >= 0.3 is 12.4 Å². The van der Waals surface area contributed by atoms with E-state index < -0.39 is 30.4 Å². The van der Waals surface area contributed by atoms with E-state index in [0.29, 0.717) is 26.2 Å². The monoisotopic (exact) mass is 440 g/mol. The summed E-state index contributed by atoms with van der Waals surface area (Å²) in [6, 6.07) is 1.68. The molecule has 0 aromatic heterocycles. The first-order valence-corrected chi connectivity index (χ1v) is 7.75. The zero-order valence-electron chi connectivity index (χ0n) is 12.3. The van der Waals surface area contributed by atoms with Gasteiger partial charge in [-0.25, -0.2) is 0 Å². The molecule has 1 aliphatic rings. The third-order valence-corrected chi connectivity index (χ3v) is 4.42. The molecule has 1 N–H and O–H groups in total. The number of alkyl halides is 6. The number of piperazine rings is 1. The van der Waals surface area contributed by atoms with E-state index in [0.717, 1.165) is 18.2 Å².